The highest BCUT2D eigenvalue weighted by Crippen LogP contribution is 2.09. The molecule has 84 valence electrons. The highest BCUT2D eigenvalue weighted by atomic mass is 16.7. The minimum atomic E-state index is -0.563. The molecule has 0 aliphatic carbocycles. The van der Waals surface area contributed by atoms with Crippen LogP contribution in [0.2, 0.25) is 0 Å². The van der Waals surface area contributed by atoms with Crippen LogP contribution in [0.25, 0.3) is 0 Å². The predicted octanol–water partition coefficient (Wildman–Crippen LogP) is 2.18. The Morgan fingerprint density at radius 3 is 2.50 bits per heavy atom. The van der Waals surface area contributed by atoms with Gasteiger partial charge in [-0.2, -0.15) is 0 Å². The molecule has 0 unspecified atom stereocenters. The van der Waals surface area contributed by atoms with Gasteiger partial charge in [-0.25, -0.2) is 4.79 Å². The first-order valence-corrected chi connectivity index (χ1v) is 4.55. The largest absolute Gasteiger partial charge is 0.594 e. The fourth-order valence-electron chi connectivity index (χ4n) is 0.893. The first-order valence-electron chi connectivity index (χ1n) is 4.55. The first kappa shape index (κ1) is 11.8. The van der Waals surface area contributed by atoms with Crippen LogP contribution in [0, 0.1) is 5.21 Å². The Kier molecular flexibility index (Phi) is 4.14. The van der Waals surface area contributed by atoms with Gasteiger partial charge in [0.15, 0.2) is 0 Å². The molecule has 1 aromatic rings. The number of rotatable bonds is 2. The summed E-state index contributed by atoms with van der Waals surface area (Å²) in [6, 6.07) is 8.44. The van der Waals surface area contributed by atoms with Crippen molar-refractivity contribution in [3.8, 4) is 0 Å². The summed E-state index contributed by atoms with van der Waals surface area (Å²) >= 11 is 0. The van der Waals surface area contributed by atoms with Crippen LogP contribution >= 0.6 is 0 Å². The minimum Gasteiger partial charge on any atom is -0.594 e. The van der Waals surface area contributed by atoms with E-state index in [9.17, 15) is 10.0 Å². The van der Waals surface area contributed by atoms with E-state index >= 15 is 0 Å². The number of carbonyl (C=O) groups is 1. The Labute approximate surface area is 92.4 Å². The lowest BCUT2D eigenvalue weighted by Crippen LogP contribution is -1.99. The second-order valence-corrected chi connectivity index (χ2v) is 2.93. The number of carbonyl (C=O) groups excluding carboxylic acids is 1. The summed E-state index contributed by atoms with van der Waals surface area (Å²) in [6.45, 7) is 2.67. The molecule has 0 amide bonds. The lowest BCUT2D eigenvalue weighted by Gasteiger charge is -1.98. The van der Waals surface area contributed by atoms with Gasteiger partial charge >= 0.3 is 5.97 Å². The van der Waals surface area contributed by atoms with E-state index in [1.54, 1.807) is 30.3 Å². The molecule has 0 aliphatic rings. The minimum absolute atomic E-state index is 0.0639. The Bertz CT molecular complexity index is 426. The van der Waals surface area contributed by atoms with Crippen LogP contribution in [0.4, 0.5) is 5.69 Å². The SMILES string of the molecule is CC(=O)O/N=C(\C)N=[N+]([O-])c1ccccc1. The number of hydrogen-bond acceptors (Lipinski definition) is 4. The standard InChI is InChI=1S/C10H11N3O3/c1-8(12-16-9(2)14)11-13(15)10-6-4-3-5-7-10/h3-7H,1-2H3/b12-8+,13-11?. The Morgan fingerprint density at radius 2 is 1.94 bits per heavy atom. The van der Waals surface area contributed by atoms with E-state index in [0.717, 1.165) is 0 Å². The van der Waals surface area contributed by atoms with Crippen molar-refractivity contribution < 1.29 is 14.5 Å². The van der Waals surface area contributed by atoms with Crippen molar-refractivity contribution in [2.24, 2.45) is 10.3 Å². The molecule has 0 heterocycles. The summed E-state index contributed by atoms with van der Waals surface area (Å²) in [5, 5.41) is 18.3. The zero-order chi connectivity index (χ0) is 12.0. The third kappa shape index (κ3) is 3.87. The maximum Gasteiger partial charge on any atom is 0.332 e. The predicted molar refractivity (Wildman–Crippen MR) is 57.0 cm³/mol. The van der Waals surface area contributed by atoms with Gasteiger partial charge in [0.1, 0.15) is 0 Å². The summed E-state index contributed by atoms with van der Waals surface area (Å²) in [5.74, 6) is -0.499. The average molecular weight is 221 g/mol. The monoisotopic (exact) mass is 221 g/mol. The molecule has 0 N–H and O–H groups in total. The molecule has 0 aromatic heterocycles. The molecule has 1 rings (SSSR count). The summed E-state index contributed by atoms with van der Waals surface area (Å²) in [6.07, 6.45) is 0. The normalized spacial score (nSPS) is 12.4. The van der Waals surface area contributed by atoms with E-state index in [1.807, 2.05) is 0 Å². The van der Waals surface area contributed by atoms with Gasteiger partial charge in [-0.1, -0.05) is 23.4 Å². The molecule has 6 heteroatoms. The quantitative estimate of drug-likeness (QED) is 0.192. The molecule has 0 fully saturated rings. The van der Waals surface area contributed by atoms with E-state index in [-0.39, 0.29) is 5.84 Å². The number of amidine groups is 1. The van der Waals surface area contributed by atoms with E-state index < -0.39 is 5.97 Å². The van der Waals surface area contributed by atoms with Crippen molar-refractivity contribution in [2.75, 3.05) is 0 Å². The van der Waals surface area contributed by atoms with Crippen LogP contribution in [-0.2, 0) is 9.63 Å². The lowest BCUT2D eigenvalue weighted by atomic mass is 10.3. The first-order chi connectivity index (χ1) is 7.59. The number of oxime groups is 1. The number of hydrogen-bond donors (Lipinski definition) is 0. The topological polar surface area (TPSA) is 77.1 Å². The van der Waals surface area contributed by atoms with Crippen molar-refractivity contribution in [1.29, 1.82) is 0 Å². The van der Waals surface area contributed by atoms with Gasteiger partial charge in [-0.3, -0.25) is 0 Å². The third-order valence-electron chi connectivity index (χ3n) is 1.52. The van der Waals surface area contributed by atoms with Crippen molar-refractivity contribution in [1.82, 2.24) is 0 Å². The van der Waals surface area contributed by atoms with Gasteiger partial charge in [0.2, 0.25) is 11.5 Å². The second kappa shape index (κ2) is 5.59. The lowest BCUT2D eigenvalue weighted by molar-refractivity contribution is -0.433. The van der Waals surface area contributed by atoms with Gasteiger partial charge in [0, 0.05) is 31.1 Å². The number of para-hydroxylation sites is 1. The Hall–Kier alpha value is -2.24. The van der Waals surface area contributed by atoms with Gasteiger partial charge in [0.05, 0.1) is 0 Å². The number of nitrogens with zero attached hydrogens (tertiary/aromatic N) is 3. The maximum absolute atomic E-state index is 11.4. The van der Waals surface area contributed by atoms with E-state index in [4.69, 9.17) is 0 Å². The fourth-order valence-corrected chi connectivity index (χ4v) is 0.893. The van der Waals surface area contributed by atoms with Crippen LogP contribution in [0.5, 0.6) is 0 Å². The van der Waals surface area contributed by atoms with Crippen LogP contribution in [0.1, 0.15) is 13.8 Å². The molecule has 0 aliphatic heterocycles. The smallest absolute Gasteiger partial charge is 0.332 e. The molecule has 1 aromatic carbocycles. The van der Waals surface area contributed by atoms with Crippen molar-refractivity contribution in [2.45, 2.75) is 13.8 Å². The second-order valence-electron chi connectivity index (χ2n) is 2.93. The highest BCUT2D eigenvalue weighted by Gasteiger charge is 2.03. The van der Waals surface area contributed by atoms with Crippen LogP contribution in [0.15, 0.2) is 40.6 Å². The van der Waals surface area contributed by atoms with Crippen molar-refractivity contribution >= 4 is 17.5 Å². The molecular formula is C10H11N3O3. The third-order valence-corrected chi connectivity index (χ3v) is 1.52. The van der Waals surface area contributed by atoms with Gasteiger partial charge < -0.3 is 10.0 Å². The van der Waals surface area contributed by atoms with Crippen LogP contribution in [0.3, 0.4) is 0 Å². The zero-order valence-electron chi connectivity index (χ0n) is 8.95. The molecule has 0 bridgehead atoms. The van der Waals surface area contributed by atoms with Gasteiger partial charge in [-0.05, 0) is 4.86 Å². The van der Waals surface area contributed by atoms with E-state index in [0.29, 0.717) is 10.5 Å². The molecule has 0 radical (unpaired) electrons. The number of benzene rings is 1. The highest BCUT2D eigenvalue weighted by molar-refractivity contribution is 5.79. The summed E-state index contributed by atoms with van der Waals surface area (Å²) < 4.78 is 0. The molecule has 0 atom stereocenters. The molecule has 16 heavy (non-hydrogen) atoms. The summed E-state index contributed by atoms with van der Waals surface area (Å²) in [7, 11) is 0. The van der Waals surface area contributed by atoms with Crippen LogP contribution < -0.4 is 0 Å². The van der Waals surface area contributed by atoms with E-state index in [2.05, 4.69) is 15.1 Å². The molecular weight excluding hydrogens is 210 g/mol. The summed E-state index contributed by atoms with van der Waals surface area (Å²) in [5.41, 5.74) is 0.375. The van der Waals surface area contributed by atoms with Gasteiger partial charge in [0.25, 0.3) is 0 Å². The molecule has 0 spiro atoms. The maximum atomic E-state index is 11.4. The van der Waals surface area contributed by atoms with E-state index in [1.165, 1.54) is 13.8 Å². The molecule has 6 nitrogen and oxygen atoms in total. The molecule has 0 saturated heterocycles. The van der Waals surface area contributed by atoms with Crippen LogP contribution in [-0.4, -0.2) is 16.7 Å². The Balaban J connectivity index is 2.77. The van der Waals surface area contributed by atoms with Gasteiger partial charge in [-0.15, -0.1) is 0 Å². The van der Waals surface area contributed by atoms with Crippen molar-refractivity contribution in [3.05, 3.63) is 35.5 Å². The fraction of sp³-hybridized carbons (Fsp3) is 0.200. The zero-order valence-corrected chi connectivity index (χ0v) is 8.95. The average Bonchev–Trinajstić information content (AvgIpc) is 2.27. The summed E-state index contributed by atoms with van der Waals surface area (Å²) in [4.78, 5) is 15.2. The number of azo groups is 1. The molecule has 0 saturated carbocycles. The Morgan fingerprint density at radius 1 is 1.31 bits per heavy atom. The van der Waals surface area contributed by atoms with Crippen molar-refractivity contribution in [3.63, 3.8) is 0 Å².